The molecule has 1 N–H and O–H groups in total. The molecule has 2 aromatic rings. The molecule has 1 saturated carbocycles. The summed E-state index contributed by atoms with van der Waals surface area (Å²) in [6, 6.07) is 3.50. The molecule has 1 amide bonds. The van der Waals surface area contributed by atoms with Gasteiger partial charge in [0.05, 0.1) is 16.8 Å². The highest BCUT2D eigenvalue weighted by molar-refractivity contribution is 6.04. The Kier molecular flexibility index (Phi) is 5.25. The first-order valence-corrected chi connectivity index (χ1v) is 9.21. The second-order valence-corrected chi connectivity index (χ2v) is 8.29. The third-order valence-corrected chi connectivity index (χ3v) is 4.98. The van der Waals surface area contributed by atoms with Gasteiger partial charge in [-0.25, -0.2) is 9.07 Å². The Bertz CT molecular complexity index is 877. The van der Waals surface area contributed by atoms with Crippen LogP contribution in [0, 0.1) is 11.7 Å². The molecule has 4 nitrogen and oxygen atoms in total. The number of anilines is 1. The zero-order chi connectivity index (χ0) is 20.7. The number of benzene rings is 1. The van der Waals surface area contributed by atoms with Gasteiger partial charge >= 0.3 is 6.18 Å². The van der Waals surface area contributed by atoms with Crippen molar-refractivity contribution < 1.29 is 22.4 Å². The summed E-state index contributed by atoms with van der Waals surface area (Å²) in [5, 5.41) is 7.10. The van der Waals surface area contributed by atoms with Crippen molar-refractivity contribution in [2.75, 3.05) is 5.32 Å². The van der Waals surface area contributed by atoms with Crippen molar-refractivity contribution in [2.45, 2.75) is 58.2 Å². The topological polar surface area (TPSA) is 46.9 Å². The minimum atomic E-state index is -4.66. The van der Waals surface area contributed by atoms with Crippen LogP contribution in [-0.2, 0) is 18.1 Å². The van der Waals surface area contributed by atoms with E-state index < -0.39 is 29.0 Å². The Balaban J connectivity index is 1.90. The largest absolute Gasteiger partial charge is 0.416 e. The smallest absolute Gasteiger partial charge is 0.307 e. The Labute approximate surface area is 160 Å². The number of nitrogens with one attached hydrogen (secondary N) is 1. The predicted molar refractivity (Wildman–Crippen MR) is 97.6 cm³/mol. The molecule has 0 bridgehead atoms. The van der Waals surface area contributed by atoms with Crippen LogP contribution >= 0.6 is 0 Å². The second-order valence-electron chi connectivity index (χ2n) is 8.29. The van der Waals surface area contributed by atoms with Crippen LogP contribution in [0.1, 0.15) is 61.6 Å². The van der Waals surface area contributed by atoms with E-state index in [9.17, 15) is 22.4 Å². The van der Waals surface area contributed by atoms with E-state index in [0.717, 1.165) is 25.0 Å². The molecule has 1 aliphatic rings. The summed E-state index contributed by atoms with van der Waals surface area (Å²) >= 11 is 0. The van der Waals surface area contributed by atoms with Crippen LogP contribution in [0.15, 0.2) is 24.3 Å². The van der Waals surface area contributed by atoms with Gasteiger partial charge in [-0.1, -0.05) is 27.2 Å². The van der Waals surface area contributed by atoms with Gasteiger partial charge < -0.3 is 5.32 Å². The fraction of sp³-hybridized carbons (Fsp3) is 0.500. The molecular weight excluding hydrogens is 374 g/mol. The summed E-state index contributed by atoms with van der Waals surface area (Å²) in [6.45, 7) is 6.53. The summed E-state index contributed by atoms with van der Waals surface area (Å²) < 4.78 is 54.4. The lowest BCUT2D eigenvalue weighted by atomic mass is 9.85. The highest BCUT2D eigenvalue weighted by atomic mass is 19.4. The molecule has 0 radical (unpaired) electrons. The number of nitrogens with zero attached hydrogens (tertiary/aromatic N) is 2. The van der Waals surface area contributed by atoms with E-state index in [1.807, 2.05) is 20.8 Å². The normalized spacial score (nSPS) is 15.4. The molecular formula is C20H23F4N3O. The molecule has 1 fully saturated rings. The summed E-state index contributed by atoms with van der Waals surface area (Å²) in [7, 11) is 0. The number of rotatable bonds is 4. The van der Waals surface area contributed by atoms with Gasteiger partial charge in [0.2, 0.25) is 0 Å². The van der Waals surface area contributed by atoms with E-state index in [2.05, 4.69) is 10.4 Å². The van der Waals surface area contributed by atoms with E-state index >= 15 is 0 Å². The highest BCUT2D eigenvalue weighted by Crippen LogP contribution is 2.32. The van der Waals surface area contributed by atoms with Crippen molar-refractivity contribution in [3.05, 3.63) is 46.9 Å². The lowest BCUT2D eigenvalue weighted by Gasteiger charge is -2.26. The van der Waals surface area contributed by atoms with Crippen LogP contribution in [0.2, 0.25) is 0 Å². The first-order chi connectivity index (χ1) is 12.9. The monoisotopic (exact) mass is 397 g/mol. The molecule has 28 heavy (non-hydrogen) atoms. The van der Waals surface area contributed by atoms with E-state index in [4.69, 9.17) is 0 Å². The Hall–Kier alpha value is -2.38. The number of alkyl halides is 3. The zero-order valence-corrected chi connectivity index (χ0v) is 16.0. The number of carbonyl (C=O) groups excluding carboxylic acids is 1. The molecule has 0 atom stereocenters. The molecule has 0 unspecified atom stereocenters. The minimum Gasteiger partial charge on any atom is -0.307 e. The first kappa shape index (κ1) is 20.4. The molecule has 1 aliphatic carbocycles. The van der Waals surface area contributed by atoms with Crippen LogP contribution < -0.4 is 5.32 Å². The standard InChI is InChI=1S/C20H23F4N3O/c1-19(2,3)16-10-17(27(26-16)11-12-5-4-6-12)25-18(28)14-9-13(20(22,23)24)7-8-15(14)21/h7-10,12H,4-6,11H2,1-3H3,(H,25,28). The summed E-state index contributed by atoms with van der Waals surface area (Å²) in [4.78, 5) is 12.5. The lowest BCUT2D eigenvalue weighted by Crippen LogP contribution is -2.23. The maximum absolute atomic E-state index is 14.0. The Morgan fingerprint density at radius 2 is 1.89 bits per heavy atom. The second kappa shape index (κ2) is 7.22. The van der Waals surface area contributed by atoms with E-state index in [1.165, 1.54) is 0 Å². The van der Waals surface area contributed by atoms with Crippen molar-refractivity contribution in [2.24, 2.45) is 5.92 Å². The van der Waals surface area contributed by atoms with Crippen LogP contribution in [0.25, 0.3) is 0 Å². The number of amides is 1. The number of hydrogen-bond acceptors (Lipinski definition) is 2. The zero-order valence-electron chi connectivity index (χ0n) is 16.0. The van der Waals surface area contributed by atoms with E-state index in [-0.39, 0.29) is 5.41 Å². The van der Waals surface area contributed by atoms with Crippen LogP contribution in [-0.4, -0.2) is 15.7 Å². The van der Waals surface area contributed by atoms with Crippen molar-refractivity contribution in [1.82, 2.24) is 9.78 Å². The van der Waals surface area contributed by atoms with Crippen molar-refractivity contribution in [3.63, 3.8) is 0 Å². The maximum Gasteiger partial charge on any atom is 0.416 e. The van der Waals surface area contributed by atoms with Gasteiger partial charge in [-0.05, 0) is 37.0 Å². The summed E-state index contributed by atoms with van der Waals surface area (Å²) in [6.07, 6.45) is -1.37. The van der Waals surface area contributed by atoms with Crippen molar-refractivity contribution in [3.8, 4) is 0 Å². The molecule has 1 heterocycles. The summed E-state index contributed by atoms with van der Waals surface area (Å²) in [5.74, 6) is -1.13. The SMILES string of the molecule is CC(C)(C)c1cc(NC(=O)c2cc(C(F)(F)F)ccc2F)n(CC2CCC2)n1. The van der Waals surface area contributed by atoms with Crippen molar-refractivity contribution in [1.29, 1.82) is 0 Å². The van der Waals surface area contributed by atoms with Gasteiger partial charge in [-0.3, -0.25) is 4.79 Å². The highest BCUT2D eigenvalue weighted by Gasteiger charge is 2.32. The Morgan fingerprint density at radius 3 is 2.43 bits per heavy atom. The maximum atomic E-state index is 14.0. The van der Waals surface area contributed by atoms with Crippen molar-refractivity contribution >= 4 is 11.7 Å². The molecule has 3 rings (SSSR count). The third kappa shape index (κ3) is 4.36. The van der Waals surface area contributed by atoms with Gasteiger partial charge in [0.15, 0.2) is 0 Å². The first-order valence-electron chi connectivity index (χ1n) is 9.21. The average Bonchev–Trinajstić information content (AvgIpc) is 2.93. The number of carbonyl (C=O) groups is 1. The van der Waals surface area contributed by atoms with Gasteiger partial charge in [0.1, 0.15) is 11.6 Å². The molecule has 0 spiro atoms. The molecule has 1 aromatic carbocycles. The fourth-order valence-electron chi connectivity index (χ4n) is 3.00. The number of halogens is 4. The van der Waals surface area contributed by atoms with E-state index in [1.54, 1.807) is 10.7 Å². The molecule has 1 aromatic heterocycles. The average molecular weight is 397 g/mol. The molecule has 152 valence electrons. The van der Waals surface area contributed by atoms with Gasteiger partial charge in [0, 0.05) is 18.0 Å². The van der Waals surface area contributed by atoms with Crippen LogP contribution in [0.4, 0.5) is 23.4 Å². The Morgan fingerprint density at radius 1 is 1.21 bits per heavy atom. The van der Waals surface area contributed by atoms with Crippen LogP contribution in [0.3, 0.4) is 0 Å². The molecule has 0 aliphatic heterocycles. The molecule has 0 saturated heterocycles. The predicted octanol–water partition coefficient (Wildman–Crippen LogP) is 5.39. The van der Waals surface area contributed by atoms with Gasteiger partial charge in [-0.15, -0.1) is 0 Å². The van der Waals surface area contributed by atoms with E-state index in [0.29, 0.717) is 36.5 Å². The lowest BCUT2D eigenvalue weighted by molar-refractivity contribution is -0.137. The number of aromatic nitrogens is 2. The summed E-state index contributed by atoms with van der Waals surface area (Å²) in [5.41, 5.74) is -1.25. The molecule has 8 heteroatoms. The third-order valence-electron chi connectivity index (χ3n) is 4.98. The number of hydrogen-bond donors (Lipinski definition) is 1. The minimum absolute atomic E-state index is 0.272. The quantitative estimate of drug-likeness (QED) is 0.703. The fourth-order valence-corrected chi connectivity index (χ4v) is 3.00. The van der Waals surface area contributed by atoms with Gasteiger partial charge in [0.25, 0.3) is 5.91 Å². The van der Waals surface area contributed by atoms with Crippen LogP contribution in [0.5, 0.6) is 0 Å². The van der Waals surface area contributed by atoms with Gasteiger partial charge in [-0.2, -0.15) is 18.3 Å².